The number of ether oxygens (including phenoxy) is 2. The van der Waals surface area contributed by atoms with Gasteiger partial charge in [-0.15, -0.1) is 0 Å². The SMILES string of the molecule is CCCN(CCC)CCCNC(=NC)NCc1ccc(OC)c(OC)c1. The highest BCUT2D eigenvalue weighted by Gasteiger charge is 2.06. The van der Waals surface area contributed by atoms with Gasteiger partial charge < -0.3 is 25.0 Å². The lowest BCUT2D eigenvalue weighted by Crippen LogP contribution is -2.38. The Morgan fingerprint density at radius 3 is 2.27 bits per heavy atom. The molecule has 148 valence electrons. The van der Waals surface area contributed by atoms with Crippen molar-refractivity contribution in [1.29, 1.82) is 0 Å². The Morgan fingerprint density at radius 2 is 1.69 bits per heavy atom. The van der Waals surface area contributed by atoms with Crippen molar-refractivity contribution in [2.75, 3.05) is 47.4 Å². The quantitative estimate of drug-likeness (QED) is 0.339. The monoisotopic (exact) mass is 364 g/mol. The van der Waals surface area contributed by atoms with Crippen LogP contribution in [0.4, 0.5) is 0 Å². The van der Waals surface area contributed by atoms with Crippen LogP contribution >= 0.6 is 0 Å². The van der Waals surface area contributed by atoms with E-state index in [4.69, 9.17) is 9.47 Å². The van der Waals surface area contributed by atoms with E-state index in [2.05, 4.69) is 34.4 Å². The lowest BCUT2D eigenvalue weighted by Gasteiger charge is -2.21. The fraction of sp³-hybridized carbons (Fsp3) is 0.650. The molecule has 0 bridgehead atoms. The minimum Gasteiger partial charge on any atom is -0.493 e. The highest BCUT2D eigenvalue weighted by Crippen LogP contribution is 2.27. The molecule has 0 aliphatic carbocycles. The summed E-state index contributed by atoms with van der Waals surface area (Å²) in [5, 5.41) is 6.73. The molecule has 0 amide bonds. The zero-order chi connectivity index (χ0) is 19.2. The van der Waals surface area contributed by atoms with Crippen LogP contribution in [0.25, 0.3) is 0 Å². The van der Waals surface area contributed by atoms with E-state index in [0.717, 1.165) is 42.5 Å². The molecule has 1 rings (SSSR count). The second-order valence-corrected chi connectivity index (χ2v) is 6.24. The maximum absolute atomic E-state index is 5.35. The number of benzene rings is 1. The van der Waals surface area contributed by atoms with E-state index in [1.807, 2.05) is 18.2 Å². The molecule has 0 fully saturated rings. The summed E-state index contributed by atoms with van der Waals surface area (Å²) in [6.45, 7) is 9.55. The fourth-order valence-corrected chi connectivity index (χ4v) is 2.87. The summed E-state index contributed by atoms with van der Waals surface area (Å²) in [5.74, 6) is 2.29. The lowest BCUT2D eigenvalue weighted by molar-refractivity contribution is 0.271. The molecule has 0 saturated carbocycles. The Kier molecular flexibility index (Phi) is 11.3. The molecule has 0 radical (unpaired) electrons. The molecule has 6 nitrogen and oxygen atoms in total. The summed E-state index contributed by atoms with van der Waals surface area (Å²) in [6.07, 6.45) is 3.53. The van der Waals surface area contributed by atoms with Crippen LogP contribution in [0, 0.1) is 0 Å². The predicted molar refractivity (Wildman–Crippen MR) is 109 cm³/mol. The molecule has 0 aromatic heterocycles. The fourth-order valence-electron chi connectivity index (χ4n) is 2.87. The van der Waals surface area contributed by atoms with E-state index in [0.29, 0.717) is 6.54 Å². The molecule has 0 unspecified atom stereocenters. The van der Waals surface area contributed by atoms with Crippen LogP contribution < -0.4 is 20.1 Å². The van der Waals surface area contributed by atoms with Crippen LogP contribution in [0.15, 0.2) is 23.2 Å². The minimum absolute atomic E-state index is 0.678. The van der Waals surface area contributed by atoms with Crippen LogP contribution in [-0.2, 0) is 6.54 Å². The second kappa shape index (κ2) is 13.3. The van der Waals surface area contributed by atoms with Gasteiger partial charge in [0.1, 0.15) is 0 Å². The van der Waals surface area contributed by atoms with Gasteiger partial charge in [0.15, 0.2) is 17.5 Å². The molecule has 0 spiro atoms. The van der Waals surface area contributed by atoms with Gasteiger partial charge in [-0.2, -0.15) is 0 Å². The first-order chi connectivity index (χ1) is 12.7. The van der Waals surface area contributed by atoms with Gasteiger partial charge in [-0.25, -0.2) is 0 Å². The van der Waals surface area contributed by atoms with Gasteiger partial charge in [0, 0.05) is 20.1 Å². The van der Waals surface area contributed by atoms with Gasteiger partial charge in [0.05, 0.1) is 14.2 Å². The number of rotatable bonds is 12. The van der Waals surface area contributed by atoms with Crippen molar-refractivity contribution in [3.63, 3.8) is 0 Å². The van der Waals surface area contributed by atoms with Crippen molar-refractivity contribution >= 4 is 5.96 Å². The lowest BCUT2D eigenvalue weighted by atomic mass is 10.2. The molecule has 2 N–H and O–H groups in total. The zero-order valence-electron chi connectivity index (χ0n) is 17.1. The normalized spacial score (nSPS) is 11.5. The smallest absolute Gasteiger partial charge is 0.191 e. The van der Waals surface area contributed by atoms with Crippen molar-refractivity contribution in [2.45, 2.75) is 39.7 Å². The van der Waals surface area contributed by atoms with Crippen molar-refractivity contribution in [3.05, 3.63) is 23.8 Å². The van der Waals surface area contributed by atoms with Crippen molar-refractivity contribution in [2.24, 2.45) is 4.99 Å². The first-order valence-electron chi connectivity index (χ1n) is 9.56. The number of aliphatic imine (C=N–C) groups is 1. The van der Waals surface area contributed by atoms with Gasteiger partial charge in [-0.05, 0) is 56.6 Å². The second-order valence-electron chi connectivity index (χ2n) is 6.24. The van der Waals surface area contributed by atoms with Crippen LogP contribution in [0.2, 0.25) is 0 Å². The molecule has 1 aromatic carbocycles. The Morgan fingerprint density at radius 1 is 1.00 bits per heavy atom. The van der Waals surface area contributed by atoms with Gasteiger partial charge in [0.2, 0.25) is 0 Å². The number of hydrogen-bond acceptors (Lipinski definition) is 4. The summed E-state index contributed by atoms with van der Waals surface area (Å²) in [7, 11) is 5.09. The third-order valence-electron chi connectivity index (χ3n) is 4.15. The summed E-state index contributed by atoms with van der Waals surface area (Å²) in [6, 6.07) is 5.92. The summed E-state index contributed by atoms with van der Waals surface area (Å²) < 4.78 is 10.6. The molecular formula is C20H36N4O2. The summed E-state index contributed by atoms with van der Waals surface area (Å²) in [4.78, 5) is 6.82. The standard InChI is InChI=1S/C20H36N4O2/c1-6-12-24(13-7-2)14-8-11-22-20(21-3)23-16-17-9-10-18(25-4)19(15-17)26-5/h9-10,15H,6-8,11-14,16H2,1-5H3,(H2,21,22,23). The van der Waals surface area contributed by atoms with E-state index < -0.39 is 0 Å². The first-order valence-corrected chi connectivity index (χ1v) is 9.56. The zero-order valence-corrected chi connectivity index (χ0v) is 17.1. The van der Waals surface area contributed by atoms with E-state index in [9.17, 15) is 0 Å². The number of methoxy groups -OCH3 is 2. The van der Waals surface area contributed by atoms with Crippen LogP contribution in [0.3, 0.4) is 0 Å². The van der Waals surface area contributed by atoms with Crippen molar-refractivity contribution in [1.82, 2.24) is 15.5 Å². The van der Waals surface area contributed by atoms with Gasteiger partial charge >= 0.3 is 0 Å². The average molecular weight is 365 g/mol. The highest BCUT2D eigenvalue weighted by atomic mass is 16.5. The minimum atomic E-state index is 0.678. The van der Waals surface area contributed by atoms with Crippen molar-refractivity contribution in [3.8, 4) is 11.5 Å². The topological polar surface area (TPSA) is 58.1 Å². The van der Waals surface area contributed by atoms with Crippen LogP contribution in [0.5, 0.6) is 11.5 Å². The molecule has 26 heavy (non-hydrogen) atoms. The van der Waals surface area contributed by atoms with Crippen LogP contribution in [0.1, 0.15) is 38.7 Å². The molecule has 0 aliphatic heterocycles. The number of guanidine groups is 1. The Hall–Kier alpha value is -1.95. The van der Waals surface area contributed by atoms with Gasteiger partial charge in [-0.3, -0.25) is 4.99 Å². The number of nitrogens with zero attached hydrogens (tertiary/aromatic N) is 2. The molecule has 0 atom stereocenters. The Labute approximate surface area is 159 Å². The third kappa shape index (κ3) is 7.95. The Balaban J connectivity index is 2.39. The van der Waals surface area contributed by atoms with Gasteiger partial charge in [-0.1, -0.05) is 19.9 Å². The average Bonchev–Trinajstić information content (AvgIpc) is 2.67. The van der Waals surface area contributed by atoms with E-state index >= 15 is 0 Å². The Bertz CT molecular complexity index is 529. The summed E-state index contributed by atoms with van der Waals surface area (Å²) in [5.41, 5.74) is 1.11. The van der Waals surface area contributed by atoms with E-state index in [1.165, 1.54) is 25.9 Å². The number of nitrogens with one attached hydrogen (secondary N) is 2. The molecule has 0 saturated heterocycles. The van der Waals surface area contributed by atoms with Gasteiger partial charge in [0.25, 0.3) is 0 Å². The van der Waals surface area contributed by atoms with E-state index in [-0.39, 0.29) is 0 Å². The third-order valence-corrected chi connectivity index (χ3v) is 4.15. The highest BCUT2D eigenvalue weighted by molar-refractivity contribution is 5.79. The molecular weight excluding hydrogens is 328 g/mol. The maximum Gasteiger partial charge on any atom is 0.191 e. The predicted octanol–water partition coefficient (Wildman–Crippen LogP) is 2.88. The summed E-state index contributed by atoms with van der Waals surface area (Å²) >= 11 is 0. The largest absolute Gasteiger partial charge is 0.493 e. The molecule has 6 heteroatoms. The maximum atomic E-state index is 5.35. The first kappa shape index (κ1) is 22.1. The molecule has 0 aliphatic rings. The molecule has 0 heterocycles. The molecule has 1 aromatic rings. The number of hydrogen-bond donors (Lipinski definition) is 2. The van der Waals surface area contributed by atoms with Crippen molar-refractivity contribution < 1.29 is 9.47 Å². The van der Waals surface area contributed by atoms with E-state index in [1.54, 1.807) is 21.3 Å². The van der Waals surface area contributed by atoms with Crippen LogP contribution in [-0.4, -0.2) is 58.3 Å².